The highest BCUT2D eigenvalue weighted by Gasteiger charge is 2.18. The molecule has 16 heavy (non-hydrogen) atoms. The van der Waals surface area contributed by atoms with Crippen LogP contribution in [-0.4, -0.2) is 23.1 Å². The molecule has 0 radical (unpaired) electrons. The summed E-state index contributed by atoms with van der Waals surface area (Å²) >= 11 is 0. The number of fused-ring (bicyclic) bond motifs is 1. The molecule has 1 aromatic carbocycles. The van der Waals surface area contributed by atoms with E-state index in [2.05, 4.69) is 40.4 Å². The first-order valence-corrected chi connectivity index (χ1v) is 6.00. The Morgan fingerprint density at radius 1 is 1.38 bits per heavy atom. The number of piperidine rings is 1. The van der Waals surface area contributed by atoms with Crippen molar-refractivity contribution in [1.82, 2.24) is 15.3 Å². The zero-order valence-corrected chi connectivity index (χ0v) is 9.59. The fourth-order valence-electron chi connectivity index (χ4n) is 2.42. The molecule has 1 saturated heterocycles. The molecule has 3 rings (SSSR count). The van der Waals surface area contributed by atoms with Gasteiger partial charge in [-0.1, -0.05) is 6.07 Å². The molecule has 3 heteroatoms. The van der Waals surface area contributed by atoms with Gasteiger partial charge in [-0.25, -0.2) is 4.98 Å². The van der Waals surface area contributed by atoms with Gasteiger partial charge in [0.1, 0.15) is 5.82 Å². The molecule has 0 aliphatic carbocycles. The SMILES string of the molecule is Cc1ccc2nc([C@@H]3CCCNC3)[nH]c2c1. The van der Waals surface area contributed by atoms with E-state index in [9.17, 15) is 0 Å². The molecule has 0 unspecified atom stereocenters. The van der Waals surface area contributed by atoms with E-state index in [-0.39, 0.29) is 0 Å². The Morgan fingerprint density at radius 2 is 2.31 bits per heavy atom. The van der Waals surface area contributed by atoms with Crippen molar-refractivity contribution in [3.05, 3.63) is 29.6 Å². The summed E-state index contributed by atoms with van der Waals surface area (Å²) in [5.74, 6) is 1.70. The van der Waals surface area contributed by atoms with Crippen molar-refractivity contribution in [2.45, 2.75) is 25.7 Å². The number of imidazole rings is 1. The minimum atomic E-state index is 0.557. The van der Waals surface area contributed by atoms with Gasteiger partial charge in [0.2, 0.25) is 0 Å². The van der Waals surface area contributed by atoms with Gasteiger partial charge in [0.15, 0.2) is 0 Å². The topological polar surface area (TPSA) is 40.7 Å². The molecular formula is C13H17N3. The molecule has 0 spiro atoms. The second kappa shape index (κ2) is 3.91. The first-order chi connectivity index (χ1) is 7.83. The van der Waals surface area contributed by atoms with Gasteiger partial charge in [-0.3, -0.25) is 0 Å². The van der Waals surface area contributed by atoms with Gasteiger partial charge >= 0.3 is 0 Å². The lowest BCUT2D eigenvalue weighted by Crippen LogP contribution is -2.28. The predicted molar refractivity (Wildman–Crippen MR) is 65.7 cm³/mol. The molecule has 0 saturated carbocycles. The van der Waals surface area contributed by atoms with E-state index in [0.717, 1.165) is 24.4 Å². The minimum Gasteiger partial charge on any atom is -0.342 e. The number of H-pyrrole nitrogens is 1. The Labute approximate surface area is 95.3 Å². The molecule has 84 valence electrons. The second-order valence-electron chi connectivity index (χ2n) is 4.69. The van der Waals surface area contributed by atoms with Gasteiger partial charge in [0, 0.05) is 12.5 Å². The maximum Gasteiger partial charge on any atom is 0.111 e. The molecule has 2 heterocycles. The van der Waals surface area contributed by atoms with Crippen LogP contribution < -0.4 is 5.32 Å². The van der Waals surface area contributed by atoms with Crippen molar-refractivity contribution >= 4 is 11.0 Å². The first kappa shape index (κ1) is 9.85. The van der Waals surface area contributed by atoms with Crippen LogP contribution in [0.2, 0.25) is 0 Å². The Morgan fingerprint density at radius 3 is 3.12 bits per heavy atom. The van der Waals surface area contributed by atoms with E-state index in [0.29, 0.717) is 5.92 Å². The summed E-state index contributed by atoms with van der Waals surface area (Å²) in [6.07, 6.45) is 2.49. The second-order valence-corrected chi connectivity index (χ2v) is 4.69. The van der Waals surface area contributed by atoms with Crippen molar-refractivity contribution in [3.8, 4) is 0 Å². The minimum absolute atomic E-state index is 0.557. The Bertz CT molecular complexity index is 495. The average molecular weight is 215 g/mol. The monoisotopic (exact) mass is 215 g/mol. The fourth-order valence-corrected chi connectivity index (χ4v) is 2.42. The maximum atomic E-state index is 4.68. The lowest BCUT2D eigenvalue weighted by atomic mass is 9.99. The number of hydrogen-bond acceptors (Lipinski definition) is 2. The van der Waals surface area contributed by atoms with Gasteiger partial charge in [0.05, 0.1) is 11.0 Å². The van der Waals surface area contributed by atoms with Crippen LogP contribution in [0.1, 0.15) is 30.1 Å². The van der Waals surface area contributed by atoms with Crippen LogP contribution in [0, 0.1) is 6.92 Å². The van der Waals surface area contributed by atoms with Gasteiger partial charge in [-0.15, -0.1) is 0 Å². The van der Waals surface area contributed by atoms with Crippen LogP contribution >= 0.6 is 0 Å². The smallest absolute Gasteiger partial charge is 0.111 e. The molecule has 3 nitrogen and oxygen atoms in total. The van der Waals surface area contributed by atoms with Crippen LogP contribution in [-0.2, 0) is 0 Å². The summed E-state index contributed by atoms with van der Waals surface area (Å²) in [7, 11) is 0. The van der Waals surface area contributed by atoms with Crippen LogP contribution in [0.5, 0.6) is 0 Å². The summed E-state index contributed by atoms with van der Waals surface area (Å²) in [6, 6.07) is 6.38. The fraction of sp³-hybridized carbons (Fsp3) is 0.462. The van der Waals surface area contributed by atoms with E-state index in [4.69, 9.17) is 0 Å². The zero-order valence-electron chi connectivity index (χ0n) is 9.59. The number of benzene rings is 1. The van der Waals surface area contributed by atoms with Crippen LogP contribution in [0.3, 0.4) is 0 Å². The molecule has 1 fully saturated rings. The van der Waals surface area contributed by atoms with Crippen LogP contribution in [0.25, 0.3) is 11.0 Å². The highest BCUT2D eigenvalue weighted by Crippen LogP contribution is 2.23. The van der Waals surface area contributed by atoms with Crippen molar-refractivity contribution < 1.29 is 0 Å². The molecular weight excluding hydrogens is 198 g/mol. The van der Waals surface area contributed by atoms with Crippen LogP contribution in [0.15, 0.2) is 18.2 Å². The van der Waals surface area contributed by atoms with E-state index < -0.39 is 0 Å². The van der Waals surface area contributed by atoms with Gasteiger partial charge in [-0.05, 0) is 44.0 Å². The highest BCUT2D eigenvalue weighted by molar-refractivity contribution is 5.75. The van der Waals surface area contributed by atoms with Gasteiger partial charge in [-0.2, -0.15) is 0 Å². The summed E-state index contributed by atoms with van der Waals surface area (Å²) in [5, 5.41) is 3.43. The Balaban J connectivity index is 1.97. The Hall–Kier alpha value is -1.35. The quantitative estimate of drug-likeness (QED) is 0.766. The molecule has 0 amide bonds. The summed E-state index contributed by atoms with van der Waals surface area (Å²) < 4.78 is 0. The van der Waals surface area contributed by atoms with E-state index in [1.165, 1.54) is 23.9 Å². The molecule has 1 aliphatic rings. The summed E-state index contributed by atoms with van der Waals surface area (Å²) in [4.78, 5) is 8.14. The van der Waals surface area contributed by atoms with Crippen molar-refractivity contribution in [1.29, 1.82) is 0 Å². The third-order valence-electron chi connectivity index (χ3n) is 3.34. The molecule has 1 aliphatic heterocycles. The number of hydrogen-bond donors (Lipinski definition) is 2. The van der Waals surface area contributed by atoms with E-state index >= 15 is 0 Å². The summed E-state index contributed by atoms with van der Waals surface area (Å²) in [6.45, 7) is 4.32. The van der Waals surface area contributed by atoms with Crippen LogP contribution in [0.4, 0.5) is 0 Å². The van der Waals surface area contributed by atoms with Gasteiger partial charge in [0.25, 0.3) is 0 Å². The van der Waals surface area contributed by atoms with Crippen molar-refractivity contribution in [2.75, 3.05) is 13.1 Å². The van der Waals surface area contributed by atoms with E-state index in [1.807, 2.05) is 0 Å². The van der Waals surface area contributed by atoms with Crippen molar-refractivity contribution in [2.24, 2.45) is 0 Å². The molecule has 2 N–H and O–H groups in total. The number of rotatable bonds is 1. The molecule has 2 aromatic rings. The number of aromatic amines is 1. The highest BCUT2D eigenvalue weighted by atomic mass is 15.0. The molecule has 1 atom stereocenters. The third kappa shape index (κ3) is 1.71. The average Bonchev–Trinajstić information content (AvgIpc) is 2.73. The summed E-state index contributed by atoms with van der Waals surface area (Å²) in [5.41, 5.74) is 3.54. The standard InChI is InChI=1S/C13H17N3/c1-9-4-5-11-12(7-9)16-13(15-11)10-3-2-6-14-8-10/h4-5,7,10,14H,2-3,6,8H2,1H3,(H,15,16)/t10-/m1/s1. The number of aryl methyl sites for hydroxylation is 1. The largest absolute Gasteiger partial charge is 0.342 e. The maximum absolute atomic E-state index is 4.68. The zero-order chi connectivity index (χ0) is 11.0. The number of nitrogens with zero attached hydrogens (tertiary/aromatic N) is 1. The van der Waals surface area contributed by atoms with E-state index in [1.54, 1.807) is 0 Å². The Kier molecular flexibility index (Phi) is 2.40. The third-order valence-corrected chi connectivity index (χ3v) is 3.34. The first-order valence-electron chi connectivity index (χ1n) is 6.00. The predicted octanol–water partition coefficient (Wildman–Crippen LogP) is 2.34. The lowest BCUT2D eigenvalue weighted by Gasteiger charge is -2.20. The molecule has 1 aromatic heterocycles. The van der Waals surface area contributed by atoms with Crippen molar-refractivity contribution in [3.63, 3.8) is 0 Å². The lowest BCUT2D eigenvalue weighted by molar-refractivity contribution is 0.449. The van der Waals surface area contributed by atoms with Gasteiger partial charge < -0.3 is 10.3 Å². The molecule has 0 bridgehead atoms. The number of aromatic nitrogens is 2. The normalized spacial score (nSPS) is 21.4. The number of nitrogens with one attached hydrogen (secondary N) is 2.